The molecule has 0 atom stereocenters. The van der Waals surface area contributed by atoms with Crippen LogP contribution in [0.5, 0.6) is 0 Å². The normalized spacial score (nSPS) is 14.6. The Balaban J connectivity index is 2.05. The van der Waals surface area contributed by atoms with Gasteiger partial charge in [0.1, 0.15) is 0 Å². The molecule has 0 aliphatic heterocycles. The molecule has 0 N–H and O–H groups in total. The van der Waals surface area contributed by atoms with Crippen LogP contribution in [0.3, 0.4) is 0 Å². The fraction of sp³-hybridized carbons (Fsp3) is 0.357. The molecule has 0 unspecified atom stereocenters. The molecule has 0 fully saturated rings. The molecule has 88 valence electrons. The largest absolute Gasteiger partial charge is 0.303 e. The molecule has 0 saturated carbocycles. The highest BCUT2D eigenvalue weighted by Crippen LogP contribution is 2.23. The molecule has 1 aromatic carbocycles. The minimum atomic E-state index is 0.560. The van der Waals surface area contributed by atoms with Gasteiger partial charge in [0.2, 0.25) is 0 Å². The zero-order valence-electron chi connectivity index (χ0n) is 9.69. The molecule has 0 spiro atoms. The van der Waals surface area contributed by atoms with Crippen LogP contribution in [-0.4, -0.2) is 9.55 Å². The minimum Gasteiger partial charge on any atom is -0.303 e. The number of imidazole rings is 1. The Morgan fingerprint density at radius 1 is 1.24 bits per heavy atom. The number of fused-ring (bicyclic) bond motifs is 1. The molecule has 0 radical (unpaired) electrons. The summed E-state index contributed by atoms with van der Waals surface area (Å²) in [6, 6.07) is 8.37. The molecule has 3 heteroatoms. The van der Waals surface area contributed by atoms with Crippen molar-refractivity contribution in [3.05, 3.63) is 47.5 Å². The van der Waals surface area contributed by atoms with Gasteiger partial charge in [-0.2, -0.15) is 0 Å². The second kappa shape index (κ2) is 4.53. The van der Waals surface area contributed by atoms with E-state index in [0.717, 1.165) is 18.4 Å². The number of benzene rings is 1. The first-order valence-corrected chi connectivity index (χ1v) is 6.62. The number of halogens is 1. The van der Waals surface area contributed by atoms with Gasteiger partial charge in [-0.15, -0.1) is 11.6 Å². The summed E-state index contributed by atoms with van der Waals surface area (Å²) in [4.78, 5) is 4.52. The zero-order chi connectivity index (χ0) is 11.7. The Morgan fingerprint density at radius 3 is 3.00 bits per heavy atom. The summed E-state index contributed by atoms with van der Waals surface area (Å²) in [5.74, 6) is 0.560. The van der Waals surface area contributed by atoms with Crippen LogP contribution in [0.2, 0.25) is 0 Å². The topological polar surface area (TPSA) is 17.8 Å². The number of hydrogen-bond donors (Lipinski definition) is 0. The second-order valence-corrected chi connectivity index (χ2v) is 4.79. The molecule has 2 aromatic rings. The highest BCUT2D eigenvalue weighted by atomic mass is 35.5. The maximum absolute atomic E-state index is 5.88. The third-order valence-electron chi connectivity index (χ3n) is 3.37. The minimum absolute atomic E-state index is 0.560. The number of hydrogen-bond acceptors (Lipinski definition) is 1. The quantitative estimate of drug-likeness (QED) is 0.742. The van der Waals surface area contributed by atoms with E-state index in [9.17, 15) is 0 Å². The number of nitrogens with zero attached hydrogens (tertiary/aromatic N) is 2. The van der Waals surface area contributed by atoms with Crippen LogP contribution in [0.25, 0.3) is 5.69 Å². The van der Waals surface area contributed by atoms with Crippen molar-refractivity contribution in [2.24, 2.45) is 0 Å². The van der Waals surface area contributed by atoms with E-state index in [0.29, 0.717) is 5.88 Å². The van der Waals surface area contributed by atoms with E-state index in [1.807, 2.05) is 6.33 Å². The zero-order valence-corrected chi connectivity index (χ0v) is 10.5. The lowest BCUT2D eigenvalue weighted by molar-refractivity contribution is 0.656. The van der Waals surface area contributed by atoms with Gasteiger partial charge in [0.05, 0.1) is 12.0 Å². The standard InChI is InChI=1S/C14H15ClN2/c15-9-11-4-3-5-12(8-11)17-10-16-13-6-1-2-7-14(13)17/h3-5,8,10H,1-2,6-7,9H2. The van der Waals surface area contributed by atoms with Crippen LogP contribution < -0.4 is 0 Å². The first kappa shape index (κ1) is 10.8. The second-order valence-electron chi connectivity index (χ2n) is 4.52. The first-order valence-electron chi connectivity index (χ1n) is 6.09. The predicted octanol–water partition coefficient (Wildman–Crippen LogP) is 3.49. The third-order valence-corrected chi connectivity index (χ3v) is 3.68. The summed E-state index contributed by atoms with van der Waals surface area (Å²) in [5.41, 5.74) is 4.98. The summed E-state index contributed by atoms with van der Waals surface area (Å²) in [5, 5.41) is 0. The van der Waals surface area contributed by atoms with Crippen LogP contribution >= 0.6 is 11.6 Å². The van der Waals surface area contributed by atoms with Gasteiger partial charge in [-0.05, 0) is 43.4 Å². The van der Waals surface area contributed by atoms with Crippen LogP contribution in [0, 0.1) is 0 Å². The molecule has 1 aliphatic carbocycles. The summed E-state index contributed by atoms with van der Waals surface area (Å²) >= 11 is 5.88. The van der Waals surface area contributed by atoms with Gasteiger partial charge in [-0.3, -0.25) is 0 Å². The Hall–Kier alpha value is -1.28. The Labute approximate surface area is 106 Å². The van der Waals surface area contributed by atoms with Crippen molar-refractivity contribution >= 4 is 11.6 Å². The van der Waals surface area contributed by atoms with Crippen molar-refractivity contribution < 1.29 is 0 Å². The lowest BCUT2D eigenvalue weighted by atomic mass is 10.0. The molecule has 3 rings (SSSR count). The van der Waals surface area contributed by atoms with Gasteiger partial charge in [0.25, 0.3) is 0 Å². The van der Waals surface area contributed by atoms with E-state index in [1.54, 1.807) is 0 Å². The summed E-state index contributed by atoms with van der Waals surface area (Å²) < 4.78 is 2.21. The van der Waals surface area contributed by atoms with Crippen LogP contribution in [0.15, 0.2) is 30.6 Å². The highest BCUT2D eigenvalue weighted by molar-refractivity contribution is 6.17. The Kier molecular flexibility index (Phi) is 2.89. The van der Waals surface area contributed by atoms with Crippen molar-refractivity contribution in [3.63, 3.8) is 0 Å². The molecule has 0 saturated heterocycles. The summed E-state index contributed by atoms with van der Waals surface area (Å²) in [6.45, 7) is 0. The summed E-state index contributed by atoms with van der Waals surface area (Å²) in [6.07, 6.45) is 6.75. The summed E-state index contributed by atoms with van der Waals surface area (Å²) in [7, 11) is 0. The van der Waals surface area contributed by atoms with Gasteiger partial charge in [-0.1, -0.05) is 12.1 Å². The Bertz CT molecular complexity index is 531. The van der Waals surface area contributed by atoms with Crippen molar-refractivity contribution in [1.29, 1.82) is 0 Å². The molecule has 1 heterocycles. The van der Waals surface area contributed by atoms with E-state index in [-0.39, 0.29) is 0 Å². The molecular weight excluding hydrogens is 232 g/mol. The molecule has 2 nitrogen and oxygen atoms in total. The number of aryl methyl sites for hydroxylation is 1. The fourth-order valence-corrected chi connectivity index (χ4v) is 2.65. The molecule has 1 aliphatic rings. The average Bonchev–Trinajstić information content (AvgIpc) is 2.82. The number of alkyl halides is 1. The van der Waals surface area contributed by atoms with Crippen molar-refractivity contribution in [2.45, 2.75) is 31.6 Å². The third kappa shape index (κ3) is 1.98. The predicted molar refractivity (Wildman–Crippen MR) is 69.8 cm³/mol. The van der Waals surface area contributed by atoms with Crippen LogP contribution in [0.4, 0.5) is 0 Å². The lowest BCUT2D eigenvalue weighted by Gasteiger charge is -2.14. The molecular formula is C14H15ClN2. The maximum atomic E-state index is 5.88. The highest BCUT2D eigenvalue weighted by Gasteiger charge is 2.15. The molecule has 1 aromatic heterocycles. The van der Waals surface area contributed by atoms with Crippen molar-refractivity contribution in [1.82, 2.24) is 9.55 Å². The van der Waals surface area contributed by atoms with Crippen molar-refractivity contribution in [3.8, 4) is 5.69 Å². The smallest absolute Gasteiger partial charge is 0.0997 e. The van der Waals surface area contributed by atoms with Gasteiger partial charge in [-0.25, -0.2) is 4.98 Å². The van der Waals surface area contributed by atoms with Gasteiger partial charge >= 0.3 is 0 Å². The molecule has 0 bridgehead atoms. The van der Waals surface area contributed by atoms with Gasteiger partial charge < -0.3 is 4.57 Å². The fourth-order valence-electron chi connectivity index (χ4n) is 2.48. The van der Waals surface area contributed by atoms with E-state index < -0.39 is 0 Å². The number of aromatic nitrogens is 2. The van der Waals surface area contributed by atoms with E-state index in [4.69, 9.17) is 11.6 Å². The van der Waals surface area contributed by atoms with E-state index in [2.05, 4.69) is 33.8 Å². The monoisotopic (exact) mass is 246 g/mol. The Morgan fingerprint density at radius 2 is 2.12 bits per heavy atom. The van der Waals surface area contributed by atoms with E-state index in [1.165, 1.54) is 29.9 Å². The number of rotatable bonds is 2. The maximum Gasteiger partial charge on any atom is 0.0997 e. The van der Waals surface area contributed by atoms with Crippen LogP contribution in [0.1, 0.15) is 29.8 Å². The van der Waals surface area contributed by atoms with E-state index >= 15 is 0 Å². The molecule has 0 amide bonds. The lowest BCUT2D eigenvalue weighted by Crippen LogP contribution is -2.06. The first-order chi connectivity index (χ1) is 8.38. The average molecular weight is 247 g/mol. The van der Waals surface area contributed by atoms with Gasteiger partial charge in [0.15, 0.2) is 0 Å². The van der Waals surface area contributed by atoms with Crippen molar-refractivity contribution in [2.75, 3.05) is 0 Å². The van der Waals surface area contributed by atoms with Gasteiger partial charge in [0, 0.05) is 17.3 Å². The van der Waals surface area contributed by atoms with Crippen LogP contribution in [-0.2, 0) is 18.7 Å². The SMILES string of the molecule is ClCc1cccc(-n2cnc3c2CCCC3)c1. The molecule has 17 heavy (non-hydrogen) atoms.